The van der Waals surface area contributed by atoms with Crippen LogP contribution < -0.4 is 0 Å². The number of halogens is 1. The first-order valence-corrected chi connectivity index (χ1v) is 5.79. The number of thioether (sulfide) groups is 1. The predicted octanol–water partition coefficient (Wildman–Crippen LogP) is 3.42. The van der Waals surface area contributed by atoms with Crippen LogP contribution in [0.15, 0.2) is 23.1 Å². The van der Waals surface area contributed by atoms with Crippen molar-refractivity contribution in [3.05, 3.63) is 29.6 Å². The molecule has 1 aromatic carbocycles. The van der Waals surface area contributed by atoms with Crippen molar-refractivity contribution in [1.29, 1.82) is 0 Å². The normalized spacial score (nSPS) is 10.3. The van der Waals surface area contributed by atoms with Crippen LogP contribution in [-0.2, 0) is 0 Å². The Morgan fingerprint density at radius 3 is 2.87 bits per heavy atom. The van der Waals surface area contributed by atoms with E-state index in [2.05, 4.69) is 6.92 Å². The smallest absolute Gasteiger partial charge is 0.336 e. The number of hydrogen-bond donors (Lipinski definition) is 1. The van der Waals surface area contributed by atoms with Gasteiger partial charge in [0.2, 0.25) is 0 Å². The number of aromatic carboxylic acids is 1. The zero-order valence-electron chi connectivity index (χ0n) is 8.50. The zero-order valence-corrected chi connectivity index (χ0v) is 9.31. The maximum absolute atomic E-state index is 12.8. The van der Waals surface area contributed by atoms with Gasteiger partial charge in [-0.15, -0.1) is 11.8 Å². The van der Waals surface area contributed by atoms with Crippen LogP contribution in [-0.4, -0.2) is 16.8 Å². The molecule has 0 bridgehead atoms. The number of benzene rings is 1. The average Bonchev–Trinajstić information content (AvgIpc) is 2.20. The van der Waals surface area contributed by atoms with Gasteiger partial charge in [0, 0.05) is 4.90 Å². The van der Waals surface area contributed by atoms with Crippen LogP contribution in [0.3, 0.4) is 0 Å². The van der Waals surface area contributed by atoms with Crippen molar-refractivity contribution >= 4 is 17.7 Å². The van der Waals surface area contributed by atoms with Gasteiger partial charge < -0.3 is 5.11 Å². The van der Waals surface area contributed by atoms with Crippen LogP contribution in [0.5, 0.6) is 0 Å². The van der Waals surface area contributed by atoms with Crippen LogP contribution in [0, 0.1) is 5.82 Å². The van der Waals surface area contributed by atoms with E-state index in [1.807, 2.05) is 0 Å². The average molecular weight is 228 g/mol. The highest BCUT2D eigenvalue weighted by atomic mass is 32.2. The molecule has 0 fully saturated rings. The molecular weight excluding hydrogens is 215 g/mol. The molecule has 0 atom stereocenters. The molecule has 15 heavy (non-hydrogen) atoms. The summed E-state index contributed by atoms with van der Waals surface area (Å²) in [5.41, 5.74) is 0.0519. The van der Waals surface area contributed by atoms with Gasteiger partial charge in [-0.3, -0.25) is 0 Å². The van der Waals surface area contributed by atoms with E-state index in [-0.39, 0.29) is 5.56 Å². The fraction of sp³-hybridized carbons (Fsp3) is 0.364. The van der Waals surface area contributed by atoms with Gasteiger partial charge in [-0.1, -0.05) is 13.3 Å². The minimum Gasteiger partial charge on any atom is -0.478 e. The fourth-order valence-electron chi connectivity index (χ4n) is 1.12. The number of unbranched alkanes of at least 4 members (excludes halogenated alkanes) is 1. The Kier molecular flexibility index (Phi) is 4.62. The highest BCUT2D eigenvalue weighted by Gasteiger charge is 2.11. The van der Waals surface area contributed by atoms with E-state index < -0.39 is 11.8 Å². The summed E-state index contributed by atoms with van der Waals surface area (Å²) >= 11 is 1.46. The molecule has 0 heterocycles. The second-order valence-electron chi connectivity index (χ2n) is 3.15. The van der Waals surface area contributed by atoms with Gasteiger partial charge in [-0.05, 0) is 30.4 Å². The van der Waals surface area contributed by atoms with Crippen molar-refractivity contribution in [2.45, 2.75) is 24.7 Å². The molecule has 0 unspecified atom stereocenters. The van der Waals surface area contributed by atoms with Gasteiger partial charge in [0.1, 0.15) is 5.82 Å². The molecule has 0 amide bonds. The summed E-state index contributed by atoms with van der Waals surface area (Å²) in [6.45, 7) is 2.07. The summed E-state index contributed by atoms with van der Waals surface area (Å²) in [6, 6.07) is 3.89. The molecule has 0 aromatic heterocycles. The Labute approximate surface area is 92.5 Å². The maximum Gasteiger partial charge on any atom is 0.336 e. The van der Waals surface area contributed by atoms with Crippen LogP contribution in [0.2, 0.25) is 0 Å². The lowest BCUT2D eigenvalue weighted by Gasteiger charge is -2.05. The second kappa shape index (κ2) is 5.75. The van der Waals surface area contributed by atoms with Crippen molar-refractivity contribution in [3.63, 3.8) is 0 Å². The van der Waals surface area contributed by atoms with Crippen molar-refractivity contribution < 1.29 is 14.3 Å². The van der Waals surface area contributed by atoms with Gasteiger partial charge in [-0.25, -0.2) is 9.18 Å². The van der Waals surface area contributed by atoms with Gasteiger partial charge in [-0.2, -0.15) is 0 Å². The summed E-state index contributed by atoms with van der Waals surface area (Å²) < 4.78 is 12.8. The third-order valence-corrected chi connectivity index (χ3v) is 3.09. The van der Waals surface area contributed by atoms with Crippen molar-refractivity contribution in [3.8, 4) is 0 Å². The third-order valence-electron chi connectivity index (χ3n) is 1.93. The van der Waals surface area contributed by atoms with Crippen molar-refractivity contribution in [1.82, 2.24) is 0 Å². The molecule has 82 valence electrons. The van der Waals surface area contributed by atoms with Gasteiger partial charge in [0.05, 0.1) is 5.56 Å². The Bertz CT molecular complexity index is 352. The first-order chi connectivity index (χ1) is 7.15. The molecule has 0 aliphatic rings. The molecule has 4 heteroatoms. The van der Waals surface area contributed by atoms with Crippen molar-refractivity contribution in [2.75, 3.05) is 5.75 Å². The highest BCUT2D eigenvalue weighted by molar-refractivity contribution is 7.99. The molecule has 1 rings (SSSR count). The van der Waals surface area contributed by atoms with Gasteiger partial charge in [0.15, 0.2) is 0 Å². The lowest BCUT2D eigenvalue weighted by Crippen LogP contribution is -2.00. The number of carbonyl (C=O) groups is 1. The summed E-state index contributed by atoms with van der Waals surface area (Å²) in [5, 5.41) is 8.87. The Morgan fingerprint density at radius 1 is 1.53 bits per heavy atom. The summed E-state index contributed by atoms with van der Waals surface area (Å²) in [6.07, 6.45) is 2.09. The van der Waals surface area contributed by atoms with E-state index in [1.54, 1.807) is 0 Å². The van der Waals surface area contributed by atoms with Crippen LogP contribution in [0.25, 0.3) is 0 Å². The molecule has 1 aromatic rings. The molecule has 0 aliphatic heterocycles. The number of carboxylic acids is 1. The molecule has 1 N–H and O–H groups in total. The molecular formula is C11H13FO2S. The van der Waals surface area contributed by atoms with E-state index in [4.69, 9.17) is 5.11 Å². The lowest BCUT2D eigenvalue weighted by molar-refractivity contribution is 0.0692. The van der Waals surface area contributed by atoms with E-state index in [0.29, 0.717) is 4.90 Å². The number of rotatable bonds is 5. The molecule has 0 spiro atoms. The molecule has 2 nitrogen and oxygen atoms in total. The SMILES string of the molecule is CCCCSc1ccc(F)cc1C(=O)O. The molecule has 0 saturated carbocycles. The Balaban J connectivity index is 2.81. The Morgan fingerprint density at radius 2 is 2.27 bits per heavy atom. The van der Waals surface area contributed by atoms with Crippen molar-refractivity contribution in [2.24, 2.45) is 0 Å². The minimum atomic E-state index is -1.08. The van der Waals surface area contributed by atoms with E-state index in [9.17, 15) is 9.18 Å². The molecule has 0 radical (unpaired) electrons. The second-order valence-corrected chi connectivity index (χ2v) is 4.28. The van der Waals surface area contributed by atoms with Gasteiger partial charge >= 0.3 is 5.97 Å². The minimum absolute atomic E-state index is 0.0519. The van der Waals surface area contributed by atoms with Crippen LogP contribution in [0.1, 0.15) is 30.1 Å². The molecule has 0 saturated heterocycles. The quantitative estimate of drug-likeness (QED) is 0.619. The lowest BCUT2D eigenvalue weighted by atomic mass is 10.2. The Hall–Kier alpha value is -1.03. The molecule has 0 aliphatic carbocycles. The highest BCUT2D eigenvalue weighted by Crippen LogP contribution is 2.24. The van der Waals surface area contributed by atoms with E-state index in [1.165, 1.54) is 23.9 Å². The number of hydrogen-bond acceptors (Lipinski definition) is 2. The number of carboxylic acid groups (broad SMARTS) is 1. The standard InChI is InChI=1S/C11H13FO2S/c1-2-3-6-15-10-5-4-8(12)7-9(10)11(13)14/h4-5,7H,2-3,6H2,1H3,(H,13,14). The van der Waals surface area contributed by atoms with Crippen LogP contribution >= 0.6 is 11.8 Å². The summed E-state index contributed by atoms with van der Waals surface area (Å²) in [7, 11) is 0. The third kappa shape index (κ3) is 3.55. The monoisotopic (exact) mass is 228 g/mol. The van der Waals surface area contributed by atoms with Gasteiger partial charge in [0.25, 0.3) is 0 Å². The zero-order chi connectivity index (χ0) is 11.3. The van der Waals surface area contributed by atoms with Crippen LogP contribution in [0.4, 0.5) is 4.39 Å². The largest absolute Gasteiger partial charge is 0.478 e. The fourth-order valence-corrected chi connectivity index (χ4v) is 2.24. The topological polar surface area (TPSA) is 37.3 Å². The van der Waals surface area contributed by atoms with E-state index >= 15 is 0 Å². The summed E-state index contributed by atoms with van der Waals surface area (Å²) in [5.74, 6) is -0.719. The summed E-state index contributed by atoms with van der Waals surface area (Å²) in [4.78, 5) is 11.5. The maximum atomic E-state index is 12.8. The first kappa shape index (κ1) is 12.0. The van der Waals surface area contributed by atoms with E-state index in [0.717, 1.165) is 24.7 Å². The predicted molar refractivity (Wildman–Crippen MR) is 59.0 cm³/mol. The first-order valence-electron chi connectivity index (χ1n) is 4.80.